The Balaban J connectivity index is 2.09. The molecule has 21 heavy (non-hydrogen) atoms. The number of esters is 1. The number of nitrogens with two attached hydrogens (primary N) is 1. The summed E-state index contributed by atoms with van der Waals surface area (Å²) >= 11 is 0. The maximum absolute atomic E-state index is 11.9. The van der Waals surface area contributed by atoms with E-state index in [1.54, 1.807) is 19.1 Å². The SMILES string of the molecule is CCOC(=O)CNC(=O)c1nc(-c2ccccc2)oc1N. The van der Waals surface area contributed by atoms with Gasteiger partial charge in [0.2, 0.25) is 11.8 Å². The molecule has 1 amide bonds. The Morgan fingerprint density at radius 3 is 2.71 bits per heavy atom. The molecular formula is C14H15N3O4. The van der Waals surface area contributed by atoms with Crippen molar-refractivity contribution >= 4 is 17.8 Å². The molecule has 0 spiro atoms. The summed E-state index contributed by atoms with van der Waals surface area (Å²) in [5.41, 5.74) is 6.28. The van der Waals surface area contributed by atoms with E-state index < -0.39 is 11.9 Å². The molecule has 1 aromatic carbocycles. The average molecular weight is 289 g/mol. The number of anilines is 1. The number of hydrogen-bond donors (Lipinski definition) is 2. The number of rotatable bonds is 5. The predicted molar refractivity (Wildman–Crippen MR) is 75.3 cm³/mol. The van der Waals surface area contributed by atoms with Crippen molar-refractivity contribution in [2.45, 2.75) is 6.92 Å². The zero-order valence-corrected chi connectivity index (χ0v) is 11.5. The van der Waals surface area contributed by atoms with Crippen molar-refractivity contribution in [1.29, 1.82) is 0 Å². The predicted octanol–water partition coefficient (Wildman–Crippen LogP) is 1.22. The smallest absolute Gasteiger partial charge is 0.325 e. The Morgan fingerprint density at radius 2 is 2.05 bits per heavy atom. The molecule has 110 valence electrons. The van der Waals surface area contributed by atoms with Crippen LogP contribution in [0.3, 0.4) is 0 Å². The summed E-state index contributed by atoms with van der Waals surface area (Å²) in [4.78, 5) is 27.1. The minimum Gasteiger partial charge on any atom is -0.465 e. The van der Waals surface area contributed by atoms with Crippen LogP contribution < -0.4 is 11.1 Å². The van der Waals surface area contributed by atoms with E-state index in [1.807, 2.05) is 18.2 Å². The highest BCUT2D eigenvalue weighted by molar-refractivity contribution is 5.98. The molecule has 0 atom stereocenters. The molecule has 1 aromatic heterocycles. The summed E-state index contributed by atoms with van der Waals surface area (Å²) in [6, 6.07) is 9.05. The van der Waals surface area contributed by atoms with Crippen molar-refractivity contribution in [1.82, 2.24) is 10.3 Å². The van der Waals surface area contributed by atoms with Crippen LogP contribution in [0, 0.1) is 0 Å². The molecule has 0 saturated carbocycles. The zero-order valence-electron chi connectivity index (χ0n) is 11.5. The van der Waals surface area contributed by atoms with Crippen LogP contribution in [0.15, 0.2) is 34.7 Å². The summed E-state index contributed by atoms with van der Waals surface area (Å²) in [6.07, 6.45) is 0. The van der Waals surface area contributed by atoms with Crippen molar-refractivity contribution in [2.24, 2.45) is 0 Å². The second-order valence-corrected chi connectivity index (χ2v) is 4.09. The van der Waals surface area contributed by atoms with Crippen LogP contribution in [0.25, 0.3) is 11.5 Å². The summed E-state index contributed by atoms with van der Waals surface area (Å²) in [6.45, 7) is 1.68. The lowest BCUT2D eigenvalue weighted by molar-refractivity contribution is -0.141. The Labute approximate surface area is 121 Å². The fourth-order valence-corrected chi connectivity index (χ4v) is 1.65. The monoisotopic (exact) mass is 289 g/mol. The Bertz CT molecular complexity index is 637. The maximum atomic E-state index is 11.9. The van der Waals surface area contributed by atoms with Gasteiger partial charge in [-0.1, -0.05) is 18.2 Å². The van der Waals surface area contributed by atoms with Gasteiger partial charge in [0.05, 0.1) is 6.61 Å². The fourth-order valence-electron chi connectivity index (χ4n) is 1.65. The lowest BCUT2D eigenvalue weighted by Crippen LogP contribution is -2.31. The Hall–Kier alpha value is -2.83. The molecule has 0 aliphatic rings. The van der Waals surface area contributed by atoms with Crippen LogP contribution in [0.1, 0.15) is 17.4 Å². The minimum atomic E-state index is -0.591. The summed E-state index contributed by atoms with van der Waals surface area (Å²) in [7, 11) is 0. The van der Waals surface area contributed by atoms with Crippen molar-refractivity contribution < 1.29 is 18.7 Å². The van der Waals surface area contributed by atoms with Gasteiger partial charge in [-0.25, -0.2) is 4.98 Å². The third kappa shape index (κ3) is 3.59. The van der Waals surface area contributed by atoms with Gasteiger partial charge >= 0.3 is 5.97 Å². The van der Waals surface area contributed by atoms with Gasteiger partial charge in [-0.15, -0.1) is 0 Å². The molecular weight excluding hydrogens is 274 g/mol. The average Bonchev–Trinajstić information content (AvgIpc) is 2.88. The van der Waals surface area contributed by atoms with Crippen molar-refractivity contribution in [3.8, 4) is 11.5 Å². The molecule has 3 N–H and O–H groups in total. The lowest BCUT2D eigenvalue weighted by Gasteiger charge is -2.02. The van der Waals surface area contributed by atoms with E-state index in [2.05, 4.69) is 10.3 Å². The number of nitrogens with zero attached hydrogens (tertiary/aromatic N) is 1. The number of nitrogen functional groups attached to an aromatic ring is 1. The van der Waals surface area contributed by atoms with Gasteiger partial charge < -0.3 is 20.2 Å². The number of carbonyl (C=O) groups is 2. The van der Waals surface area contributed by atoms with Crippen molar-refractivity contribution in [2.75, 3.05) is 18.9 Å². The molecule has 0 radical (unpaired) electrons. The van der Waals surface area contributed by atoms with Crippen LogP contribution in [0.5, 0.6) is 0 Å². The second-order valence-electron chi connectivity index (χ2n) is 4.09. The Morgan fingerprint density at radius 1 is 1.33 bits per heavy atom. The molecule has 2 rings (SSSR count). The van der Waals surface area contributed by atoms with E-state index in [0.717, 1.165) is 0 Å². The number of benzene rings is 1. The van der Waals surface area contributed by atoms with E-state index in [4.69, 9.17) is 14.9 Å². The van der Waals surface area contributed by atoms with E-state index in [-0.39, 0.29) is 30.6 Å². The van der Waals surface area contributed by atoms with E-state index in [1.165, 1.54) is 0 Å². The van der Waals surface area contributed by atoms with E-state index in [9.17, 15) is 9.59 Å². The molecule has 0 aliphatic heterocycles. The van der Waals surface area contributed by atoms with Gasteiger partial charge in [-0.3, -0.25) is 9.59 Å². The Kier molecular flexibility index (Phi) is 4.55. The maximum Gasteiger partial charge on any atom is 0.325 e. The van der Waals surface area contributed by atoms with E-state index in [0.29, 0.717) is 5.56 Å². The molecule has 0 fully saturated rings. The normalized spacial score (nSPS) is 10.1. The summed E-state index contributed by atoms with van der Waals surface area (Å²) < 4.78 is 9.97. The minimum absolute atomic E-state index is 0.0573. The molecule has 0 saturated heterocycles. The number of hydrogen-bond acceptors (Lipinski definition) is 6. The number of carbonyl (C=O) groups excluding carboxylic acids is 2. The first kappa shape index (κ1) is 14.6. The van der Waals surface area contributed by atoms with Gasteiger partial charge in [0.25, 0.3) is 5.91 Å². The highest BCUT2D eigenvalue weighted by atomic mass is 16.5. The van der Waals surface area contributed by atoms with Gasteiger partial charge in [0.15, 0.2) is 5.69 Å². The summed E-state index contributed by atoms with van der Waals surface area (Å²) in [5.74, 6) is -0.979. The zero-order chi connectivity index (χ0) is 15.2. The molecule has 1 heterocycles. The highest BCUT2D eigenvalue weighted by Crippen LogP contribution is 2.23. The molecule has 0 bridgehead atoms. The van der Waals surface area contributed by atoms with Gasteiger partial charge in [-0.2, -0.15) is 0 Å². The lowest BCUT2D eigenvalue weighted by atomic mass is 10.2. The highest BCUT2D eigenvalue weighted by Gasteiger charge is 2.19. The number of aromatic nitrogens is 1. The fraction of sp³-hybridized carbons (Fsp3) is 0.214. The van der Waals surface area contributed by atoms with Gasteiger partial charge in [0.1, 0.15) is 6.54 Å². The van der Waals surface area contributed by atoms with Crippen molar-refractivity contribution in [3.63, 3.8) is 0 Å². The van der Waals surface area contributed by atoms with Gasteiger partial charge in [0, 0.05) is 5.56 Å². The molecule has 0 unspecified atom stereocenters. The number of ether oxygens (including phenoxy) is 1. The quantitative estimate of drug-likeness (QED) is 0.801. The van der Waals surface area contributed by atoms with Crippen LogP contribution in [-0.2, 0) is 9.53 Å². The molecule has 0 aliphatic carbocycles. The second kappa shape index (κ2) is 6.56. The van der Waals surface area contributed by atoms with Gasteiger partial charge in [-0.05, 0) is 19.1 Å². The number of nitrogens with one attached hydrogen (secondary N) is 1. The standard InChI is InChI=1S/C14H15N3O4/c1-2-20-10(18)8-16-13(19)11-12(15)21-14(17-11)9-6-4-3-5-7-9/h3-7H,2,8,15H2,1H3,(H,16,19). The number of amides is 1. The first-order chi connectivity index (χ1) is 10.1. The van der Waals surface area contributed by atoms with Crippen molar-refractivity contribution in [3.05, 3.63) is 36.0 Å². The summed E-state index contributed by atoms with van der Waals surface area (Å²) in [5, 5.41) is 2.37. The molecule has 7 heteroatoms. The third-order valence-corrected chi connectivity index (χ3v) is 2.59. The van der Waals surface area contributed by atoms with Crippen LogP contribution in [-0.4, -0.2) is 30.0 Å². The first-order valence-electron chi connectivity index (χ1n) is 6.37. The van der Waals surface area contributed by atoms with Crippen LogP contribution >= 0.6 is 0 Å². The third-order valence-electron chi connectivity index (χ3n) is 2.59. The first-order valence-corrected chi connectivity index (χ1v) is 6.37. The molecule has 2 aromatic rings. The van der Waals surface area contributed by atoms with Crippen LogP contribution in [0.4, 0.5) is 5.88 Å². The number of oxazole rings is 1. The van der Waals surface area contributed by atoms with E-state index >= 15 is 0 Å². The van der Waals surface area contributed by atoms with Crippen LogP contribution in [0.2, 0.25) is 0 Å². The largest absolute Gasteiger partial charge is 0.465 e. The topological polar surface area (TPSA) is 107 Å². The molecule has 7 nitrogen and oxygen atoms in total.